The molecule has 0 aliphatic heterocycles. The number of methoxy groups -OCH3 is 1. The van der Waals surface area contributed by atoms with Gasteiger partial charge in [0.25, 0.3) is 0 Å². The van der Waals surface area contributed by atoms with Gasteiger partial charge >= 0.3 is 5.97 Å². The van der Waals surface area contributed by atoms with Gasteiger partial charge in [-0.15, -0.1) is 11.8 Å². The number of hydrogen-bond acceptors (Lipinski definition) is 4. The van der Waals surface area contributed by atoms with Crippen molar-refractivity contribution in [3.63, 3.8) is 0 Å². The third-order valence-electron chi connectivity index (χ3n) is 2.95. The van der Waals surface area contributed by atoms with Gasteiger partial charge in [-0.1, -0.05) is 18.2 Å². The van der Waals surface area contributed by atoms with Crippen molar-refractivity contribution in [3.8, 4) is 5.75 Å². The minimum Gasteiger partial charge on any atom is -0.496 e. The number of thioether (sulfide) groups is 1. The largest absolute Gasteiger partial charge is 0.496 e. The van der Waals surface area contributed by atoms with E-state index in [2.05, 4.69) is 0 Å². The Kier molecular flexibility index (Phi) is 5.22. The predicted octanol–water partition coefficient (Wildman–Crippen LogP) is 3.91. The van der Waals surface area contributed by atoms with Crippen LogP contribution in [0.4, 0.5) is 4.39 Å². The number of hydrogen-bond donors (Lipinski definition) is 0. The summed E-state index contributed by atoms with van der Waals surface area (Å²) in [5, 5.41) is 0. The monoisotopic (exact) mass is 306 g/mol. The minimum absolute atomic E-state index is 0.112. The van der Waals surface area contributed by atoms with Crippen LogP contribution in [-0.2, 0) is 11.3 Å². The second-order valence-corrected chi connectivity index (χ2v) is 5.11. The number of carbonyl (C=O) groups excluding carboxylic acids is 1. The molecule has 0 aliphatic rings. The summed E-state index contributed by atoms with van der Waals surface area (Å²) >= 11 is 1.55. The molecule has 0 bridgehead atoms. The SMILES string of the molecule is COc1cc(SC)ccc1C(=O)OCc1ccccc1F. The number of rotatable bonds is 5. The van der Waals surface area contributed by atoms with Crippen molar-refractivity contribution < 1.29 is 18.7 Å². The average Bonchev–Trinajstić information content (AvgIpc) is 2.53. The normalized spacial score (nSPS) is 10.2. The number of esters is 1. The van der Waals surface area contributed by atoms with E-state index in [-0.39, 0.29) is 6.61 Å². The van der Waals surface area contributed by atoms with Crippen LogP contribution in [0.3, 0.4) is 0 Å². The Hall–Kier alpha value is -2.01. The molecule has 0 N–H and O–H groups in total. The second-order valence-electron chi connectivity index (χ2n) is 4.23. The molecule has 0 spiro atoms. The molecule has 0 aromatic heterocycles. The zero-order chi connectivity index (χ0) is 15.2. The van der Waals surface area contributed by atoms with E-state index in [1.165, 1.54) is 13.2 Å². The molecule has 0 fully saturated rings. The van der Waals surface area contributed by atoms with Crippen molar-refractivity contribution in [2.45, 2.75) is 11.5 Å². The van der Waals surface area contributed by atoms with E-state index in [4.69, 9.17) is 9.47 Å². The highest BCUT2D eigenvalue weighted by Crippen LogP contribution is 2.26. The lowest BCUT2D eigenvalue weighted by Gasteiger charge is -2.10. The van der Waals surface area contributed by atoms with E-state index in [9.17, 15) is 9.18 Å². The highest BCUT2D eigenvalue weighted by atomic mass is 32.2. The molecule has 5 heteroatoms. The van der Waals surface area contributed by atoms with Gasteiger partial charge in [0.15, 0.2) is 0 Å². The quantitative estimate of drug-likeness (QED) is 0.620. The molecule has 2 aromatic carbocycles. The van der Waals surface area contributed by atoms with Crippen LogP contribution in [-0.4, -0.2) is 19.3 Å². The second kappa shape index (κ2) is 7.13. The van der Waals surface area contributed by atoms with Crippen molar-refractivity contribution in [1.29, 1.82) is 0 Å². The first-order chi connectivity index (χ1) is 10.2. The molecular formula is C16H15FO3S. The molecule has 3 nitrogen and oxygen atoms in total. The van der Waals surface area contributed by atoms with Gasteiger partial charge in [-0.2, -0.15) is 0 Å². The first kappa shape index (κ1) is 15.4. The highest BCUT2D eigenvalue weighted by molar-refractivity contribution is 7.98. The van der Waals surface area contributed by atoms with Crippen molar-refractivity contribution in [1.82, 2.24) is 0 Å². The Morgan fingerprint density at radius 3 is 2.67 bits per heavy atom. The van der Waals surface area contributed by atoms with Gasteiger partial charge in [-0.3, -0.25) is 0 Å². The van der Waals surface area contributed by atoms with Crippen LogP contribution in [0.25, 0.3) is 0 Å². The fourth-order valence-corrected chi connectivity index (χ4v) is 2.23. The van der Waals surface area contributed by atoms with Crippen molar-refractivity contribution in [2.24, 2.45) is 0 Å². The summed E-state index contributed by atoms with van der Waals surface area (Å²) in [5.74, 6) is -0.488. The lowest BCUT2D eigenvalue weighted by Crippen LogP contribution is -2.08. The van der Waals surface area contributed by atoms with Crippen molar-refractivity contribution >= 4 is 17.7 Å². The van der Waals surface area contributed by atoms with Crippen molar-refractivity contribution in [3.05, 3.63) is 59.4 Å². The van der Waals surface area contributed by atoms with Crippen LogP contribution in [0.5, 0.6) is 5.75 Å². The van der Waals surface area contributed by atoms with Crippen LogP contribution < -0.4 is 4.74 Å². The molecule has 0 atom stereocenters. The molecule has 0 aliphatic carbocycles. The lowest BCUT2D eigenvalue weighted by atomic mass is 10.2. The topological polar surface area (TPSA) is 35.5 Å². The Bertz CT molecular complexity index is 643. The maximum Gasteiger partial charge on any atom is 0.342 e. The summed E-state index contributed by atoms with van der Waals surface area (Å²) in [4.78, 5) is 13.1. The van der Waals surface area contributed by atoms with Gasteiger partial charge in [0.2, 0.25) is 0 Å². The maximum atomic E-state index is 13.5. The molecular weight excluding hydrogens is 291 g/mol. The van der Waals surface area contributed by atoms with Gasteiger partial charge in [0, 0.05) is 10.5 Å². The smallest absolute Gasteiger partial charge is 0.342 e. The van der Waals surface area contributed by atoms with E-state index in [0.29, 0.717) is 16.9 Å². The van der Waals surface area contributed by atoms with E-state index < -0.39 is 11.8 Å². The van der Waals surface area contributed by atoms with Gasteiger partial charge in [-0.25, -0.2) is 9.18 Å². The van der Waals surface area contributed by atoms with E-state index in [1.807, 2.05) is 12.3 Å². The fraction of sp³-hybridized carbons (Fsp3) is 0.188. The minimum atomic E-state index is -0.539. The molecule has 2 aromatic rings. The first-order valence-corrected chi connectivity index (χ1v) is 7.50. The maximum absolute atomic E-state index is 13.5. The molecule has 0 heterocycles. The summed E-state index contributed by atoms with van der Waals surface area (Å²) < 4.78 is 23.8. The summed E-state index contributed by atoms with van der Waals surface area (Å²) in [6.07, 6.45) is 1.94. The Labute approximate surface area is 127 Å². The molecule has 110 valence electrons. The Morgan fingerprint density at radius 1 is 1.24 bits per heavy atom. The van der Waals surface area contributed by atoms with Crippen LogP contribution >= 0.6 is 11.8 Å². The third kappa shape index (κ3) is 3.76. The zero-order valence-corrected chi connectivity index (χ0v) is 12.6. The first-order valence-electron chi connectivity index (χ1n) is 6.28. The predicted molar refractivity (Wildman–Crippen MR) is 80.3 cm³/mol. The molecule has 0 saturated heterocycles. The summed E-state index contributed by atoms with van der Waals surface area (Å²) in [7, 11) is 1.49. The van der Waals surface area contributed by atoms with Crippen molar-refractivity contribution in [2.75, 3.05) is 13.4 Å². The van der Waals surface area contributed by atoms with E-state index >= 15 is 0 Å². The summed E-state index contributed by atoms with van der Waals surface area (Å²) in [6, 6.07) is 11.4. The molecule has 21 heavy (non-hydrogen) atoms. The number of halogens is 1. The molecule has 0 radical (unpaired) electrons. The molecule has 0 unspecified atom stereocenters. The zero-order valence-electron chi connectivity index (χ0n) is 11.8. The average molecular weight is 306 g/mol. The number of benzene rings is 2. The summed E-state index contributed by atoms with van der Waals surface area (Å²) in [5.41, 5.74) is 0.664. The van der Waals surface area contributed by atoms with Crippen LogP contribution in [0.2, 0.25) is 0 Å². The van der Waals surface area contributed by atoms with Crippen LogP contribution in [0, 0.1) is 5.82 Å². The third-order valence-corrected chi connectivity index (χ3v) is 3.67. The Balaban J connectivity index is 2.12. The van der Waals surface area contributed by atoms with Gasteiger partial charge in [0.1, 0.15) is 23.7 Å². The number of ether oxygens (including phenoxy) is 2. The Morgan fingerprint density at radius 2 is 2.00 bits per heavy atom. The lowest BCUT2D eigenvalue weighted by molar-refractivity contribution is 0.0465. The van der Waals surface area contributed by atoms with Gasteiger partial charge in [-0.05, 0) is 30.5 Å². The molecule has 0 saturated carbocycles. The van der Waals surface area contributed by atoms with Gasteiger partial charge < -0.3 is 9.47 Å². The molecule has 2 rings (SSSR count). The molecule has 0 amide bonds. The highest BCUT2D eigenvalue weighted by Gasteiger charge is 2.15. The summed E-state index contributed by atoms with van der Waals surface area (Å²) in [6.45, 7) is -0.112. The standard InChI is InChI=1S/C16H15FO3S/c1-19-15-9-12(21-2)7-8-13(15)16(18)20-10-11-5-3-4-6-14(11)17/h3-9H,10H2,1-2H3. The van der Waals surface area contributed by atoms with E-state index in [0.717, 1.165) is 4.90 Å². The van der Waals surface area contributed by atoms with Crippen LogP contribution in [0.1, 0.15) is 15.9 Å². The fourth-order valence-electron chi connectivity index (χ4n) is 1.80. The van der Waals surface area contributed by atoms with Gasteiger partial charge in [0.05, 0.1) is 7.11 Å². The van der Waals surface area contributed by atoms with E-state index in [1.54, 1.807) is 42.1 Å². The van der Waals surface area contributed by atoms with Crippen LogP contribution in [0.15, 0.2) is 47.4 Å². The number of carbonyl (C=O) groups is 1.